The summed E-state index contributed by atoms with van der Waals surface area (Å²) in [4.78, 5) is 0. The molecule has 2 heteroatoms. The molecule has 3 heterocycles. The molecule has 0 unspecified atom stereocenters. The maximum atomic E-state index is 2.24. The Kier molecular flexibility index (Phi) is 1.32. The highest BCUT2D eigenvalue weighted by Gasteiger charge is 2.06. The van der Waals surface area contributed by atoms with Gasteiger partial charge in [0.1, 0.15) is 5.65 Å². The van der Waals surface area contributed by atoms with Gasteiger partial charge in [-0.25, -0.2) is 0 Å². The number of rotatable bonds is 0. The molecule has 0 atom stereocenters. The molecule has 0 bridgehead atoms. The summed E-state index contributed by atoms with van der Waals surface area (Å²) in [5.41, 5.74) is 5.16. The van der Waals surface area contributed by atoms with Crippen LogP contribution in [-0.2, 0) is 0 Å². The second-order valence-corrected chi connectivity index (χ2v) is 3.77. The van der Waals surface area contributed by atoms with Crippen LogP contribution in [0.15, 0.2) is 36.7 Å². The summed E-state index contributed by atoms with van der Waals surface area (Å²) >= 11 is 0. The Morgan fingerprint density at radius 2 is 1.93 bits per heavy atom. The van der Waals surface area contributed by atoms with E-state index >= 15 is 0 Å². The van der Waals surface area contributed by atoms with Crippen molar-refractivity contribution in [3.63, 3.8) is 0 Å². The van der Waals surface area contributed by atoms with Crippen LogP contribution in [0.4, 0.5) is 0 Å². The first-order chi connectivity index (χ1) is 6.77. The lowest BCUT2D eigenvalue weighted by Gasteiger charge is -1.90. The Morgan fingerprint density at radius 1 is 1.07 bits per heavy atom. The van der Waals surface area contributed by atoms with E-state index in [-0.39, 0.29) is 0 Å². The van der Waals surface area contributed by atoms with Gasteiger partial charge in [-0.3, -0.25) is 0 Å². The fourth-order valence-corrected chi connectivity index (χ4v) is 1.98. The minimum Gasteiger partial charge on any atom is -0.305 e. The molecular weight excluding hydrogens is 172 g/mol. The summed E-state index contributed by atoms with van der Waals surface area (Å²) in [5, 5.41) is 0. The minimum absolute atomic E-state index is 1.24. The zero-order valence-corrected chi connectivity index (χ0v) is 8.36. The summed E-state index contributed by atoms with van der Waals surface area (Å²) in [6.07, 6.45) is 4.28. The zero-order chi connectivity index (χ0) is 9.71. The fourth-order valence-electron chi connectivity index (χ4n) is 1.98. The summed E-state index contributed by atoms with van der Waals surface area (Å²) in [7, 11) is 0. The standard InChI is InChI=1S/C12H12N2/c1-9-7-12-13-6-4-3-5-11(13)8-14(12)10(9)2/h3-8H,1-2H3. The van der Waals surface area contributed by atoms with Crippen molar-refractivity contribution in [2.75, 3.05) is 0 Å². The van der Waals surface area contributed by atoms with Crippen LogP contribution in [0.3, 0.4) is 0 Å². The Hall–Kier alpha value is -1.70. The molecule has 0 aliphatic rings. The third-order valence-corrected chi connectivity index (χ3v) is 2.92. The first-order valence-electron chi connectivity index (χ1n) is 4.82. The van der Waals surface area contributed by atoms with Crippen LogP contribution in [0.5, 0.6) is 0 Å². The van der Waals surface area contributed by atoms with Gasteiger partial charge < -0.3 is 8.80 Å². The van der Waals surface area contributed by atoms with Crippen molar-refractivity contribution in [1.29, 1.82) is 0 Å². The van der Waals surface area contributed by atoms with Gasteiger partial charge >= 0.3 is 0 Å². The van der Waals surface area contributed by atoms with Gasteiger partial charge in [0.05, 0.1) is 5.52 Å². The number of pyridine rings is 1. The van der Waals surface area contributed by atoms with Crippen LogP contribution in [0.2, 0.25) is 0 Å². The Labute approximate surface area is 82.4 Å². The van der Waals surface area contributed by atoms with E-state index in [1.165, 1.54) is 22.4 Å². The Balaban J connectivity index is 2.60. The lowest BCUT2D eigenvalue weighted by atomic mass is 10.3. The van der Waals surface area contributed by atoms with E-state index in [4.69, 9.17) is 0 Å². The summed E-state index contributed by atoms with van der Waals surface area (Å²) in [6, 6.07) is 8.48. The largest absolute Gasteiger partial charge is 0.305 e. The molecule has 0 N–H and O–H groups in total. The van der Waals surface area contributed by atoms with Crippen molar-refractivity contribution < 1.29 is 0 Å². The first-order valence-corrected chi connectivity index (χ1v) is 4.82. The van der Waals surface area contributed by atoms with Crippen molar-refractivity contribution in [3.8, 4) is 0 Å². The van der Waals surface area contributed by atoms with Gasteiger partial charge in [-0.15, -0.1) is 0 Å². The molecule has 3 aromatic heterocycles. The van der Waals surface area contributed by atoms with Crippen LogP contribution in [0.1, 0.15) is 11.3 Å². The maximum absolute atomic E-state index is 2.24. The fraction of sp³-hybridized carbons (Fsp3) is 0.167. The molecule has 2 nitrogen and oxygen atoms in total. The SMILES string of the molecule is Cc1cc2n(cc3ccccn32)c1C. The van der Waals surface area contributed by atoms with E-state index in [1.54, 1.807) is 0 Å². The van der Waals surface area contributed by atoms with Gasteiger partial charge in [0.25, 0.3) is 0 Å². The predicted molar refractivity (Wildman–Crippen MR) is 57.8 cm³/mol. The monoisotopic (exact) mass is 184 g/mol. The van der Waals surface area contributed by atoms with Crippen molar-refractivity contribution >= 4 is 11.2 Å². The molecule has 0 saturated heterocycles. The van der Waals surface area contributed by atoms with Gasteiger partial charge in [0.2, 0.25) is 0 Å². The van der Waals surface area contributed by atoms with E-state index in [9.17, 15) is 0 Å². The number of aryl methyl sites for hydroxylation is 2. The molecule has 0 saturated carbocycles. The van der Waals surface area contributed by atoms with Crippen molar-refractivity contribution in [3.05, 3.63) is 47.9 Å². The minimum atomic E-state index is 1.24. The van der Waals surface area contributed by atoms with Crippen LogP contribution >= 0.6 is 0 Å². The second-order valence-electron chi connectivity index (χ2n) is 3.77. The van der Waals surface area contributed by atoms with Crippen molar-refractivity contribution in [2.45, 2.75) is 13.8 Å². The number of aromatic nitrogens is 2. The third-order valence-electron chi connectivity index (χ3n) is 2.92. The third kappa shape index (κ3) is 0.803. The molecular formula is C12H12N2. The van der Waals surface area contributed by atoms with Gasteiger partial charge in [0, 0.05) is 18.1 Å². The van der Waals surface area contributed by atoms with Gasteiger partial charge in [-0.05, 0) is 37.6 Å². The van der Waals surface area contributed by atoms with Crippen molar-refractivity contribution in [1.82, 2.24) is 8.80 Å². The van der Waals surface area contributed by atoms with Gasteiger partial charge in [-0.2, -0.15) is 0 Å². The number of hydrogen-bond donors (Lipinski definition) is 0. The summed E-state index contributed by atoms with van der Waals surface area (Å²) in [6.45, 7) is 4.30. The average Bonchev–Trinajstić information content (AvgIpc) is 2.67. The quantitative estimate of drug-likeness (QED) is 0.508. The average molecular weight is 184 g/mol. The molecule has 0 aliphatic heterocycles. The Morgan fingerprint density at radius 3 is 2.79 bits per heavy atom. The van der Waals surface area contributed by atoms with Gasteiger partial charge in [-0.1, -0.05) is 6.07 Å². The smallest absolute Gasteiger partial charge is 0.121 e. The van der Waals surface area contributed by atoms with Crippen LogP contribution in [0.25, 0.3) is 11.2 Å². The summed E-state index contributed by atoms with van der Waals surface area (Å²) in [5.74, 6) is 0. The predicted octanol–water partition coefficient (Wildman–Crippen LogP) is 2.81. The van der Waals surface area contributed by atoms with Gasteiger partial charge in [0.15, 0.2) is 0 Å². The second kappa shape index (κ2) is 2.41. The lowest BCUT2D eigenvalue weighted by Crippen LogP contribution is -1.82. The molecule has 0 aliphatic carbocycles. The molecule has 0 aromatic carbocycles. The summed E-state index contributed by atoms with van der Waals surface area (Å²) < 4.78 is 4.45. The highest BCUT2D eigenvalue weighted by Crippen LogP contribution is 2.18. The molecule has 3 aromatic rings. The molecule has 14 heavy (non-hydrogen) atoms. The first kappa shape index (κ1) is 7.68. The van der Waals surface area contributed by atoms with E-state index in [1.807, 2.05) is 0 Å². The lowest BCUT2D eigenvalue weighted by molar-refractivity contribution is 1.10. The highest BCUT2D eigenvalue weighted by atomic mass is 15.1. The van der Waals surface area contributed by atoms with E-state index in [0.29, 0.717) is 0 Å². The normalized spacial score (nSPS) is 11.6. The number of imidazole rings is 1. The van der Waals surface area contributed by atoms with E-state index in [2.05, 4.69) is 59.3 Å². The zero-order valence-electron chi connectivity index (χ0n) is 8.36. The maximum Gasteiger partial charge on any atom is 0.121 e. The van der Waals surface area contributed by atoms with Crippen LogP contribution in [-0.4, -0.2) is 8.80 Å². The number of hydrogen-bond acceptors (Lipinski definition) is 0. The molecule has 0 spiro atoms. The molecule has 0 fully saturated rings. The topological polar surface area (TPSA) is 8.82 Å². The molecule has 0 amide bonds. The molecule has 70 valence electrons. The number of fused-ring (bicyclic) bond motifs is 3. The van der Waals surface area contributed by atoms with Crippen LogP contribution in [0, 0.1) is 13.8 Å². The molecule has 3 rings (SSSR count). The van der Waals surface area contributed by atoms with Crippen molar-refractivity contribution in [2.24, 2.45) is 0 Å². The van der Waals surface area contributed by atoms with E-state index in [0.717, 1.165) is 0 Å². The Bertz CT molecular complexity index is 614. The van der Waals surface area contributed by atoms with Crippen LogP contribution < -0.4 is 0 Å². The highest BCUT2D eigenvalue weighted by molar-refractivity contribution is 5.60. The number of nitrogens with zero attached hydrogens (tertiary/aromatic N) is 2. The molecule has 0 radical (unpaired) electrons. The van der Waals surface area contributed by atoms with E-state index < -0.39 is 0 Å².